The van der Waals surface area contributed by atoms with Crippen LogP contribution in [0.3, 0.4) is 0 Å². The van der Waals surface area contributed by atoms with Crippen LogP contribution in [-0.2, 0) is 19.4 Å². The quantitative estimate of drug-likeness (QED) is 0.899. The Bertz CT molecular complexity index is 763. The number of fused-ring (bicyclic) bond motifs is 1. The van der Waals surface area contributed by atoms with Gasteiger partial charge in [-0.2, -0.15) is 5.10 Å². The molecule has 2 aromatic rings. The highest BCUT2D eigenvalue weighted by Crippen LogP contribution is 2.36. The second-order valence-electron chi connectivity index (χ2n) is 7.26. The van der Waals surface area contributed by atoms with Gasteiger partial charge in [0.2, 0.25) is 0 Å². The van der Waals surface area contributed by atoms with Crippen molar-refractivity contribution in [2.24, 2.45) is 5.92 Å². The second kappa shape index (κ2) is 6.67. The Morgan fingerprint density at radius 2 is 2.32 bits per heavy atom. The molecule has 2 unspecified atom stereocenters. The van der Waals surface area contributed by atoms with Gasteiger partial charge in [0.15, 0.2) is 5.69 Å². The molecule has 2 aromatic heterocycles. The number of likely N-dealkylation sites (tertiary alicyclic amines) is 1. The lowest BCUT2D eigenvalue weighted by Gasteiger charge is -2.37. The predicted molar refractivity (Wildman–Crippen MR) is 94.3 cm³/mol. The number of aromatic amines is 1. The second-order valence-corrected chi connectivity index (χ2v) is 7.26. The molecule has 2 N–H and O–H groups in total. The van der Waals surface area contributed by atoms with Crippen LogP contribution in [0.4, 0.5) is 0 Å². The van der Waals surface area contributed by atoms with Crippen molar-refractivity contribution in [2.75, 3.05) is 13.1 Å². The zero-order valence-electron chi connectivity index (χ0n) is 15.0. The molecule has 6 nitrogen and oxygen atoms in total. The number of carbonyl (C=O) groups excluding carboxylic acids is 1. The summed E-state index contributed by atoms with van der Waals surface area (Å²) in [6, 6.07) is 4.06. The summed E-state index contributed by atoms with van der Waals surface area (Å²) in [6.45, 7) is 6.72. The van der Waals surface area contributed by atoms with Gasteiger partial charge in [-0.3, -0.25) is 9.89 Å². The molecule has 2 aliphatic heterocycles. The zero-order valence-corrected chi connectivity index (χ0v) is 15.0. The highest BCUT2D eigenvalue weighted by atomic mass is 16.3. The van der Waals surface area contributed by atoms with E-state index in [-0.39, 0.29) is 11.9 Å². The van der Waals surface area contributed by atoms with Crippen molar-refractivity contribution in [2.45, 2.75) is 52.1 Å². The first-order valence-corrected chi connectivity index (χ1v) is 9.33. The maximum absolute atomic E-state index is 13.3. The number of nitrogens with one attached hydrogen (secondary N) is 2. The number of rotatable bonds is 3. The van der Waals surface area contributed by atoms with Gasteiger partial charge in [-0.1, -0.05) is 13.8 Å². The molecule has 0 aliphatic carbocycles. The van der Waals surface area contributed by atoms with E-state index in [1.807, 2.05) is 17.0 Å². The van der Waals surface area contributed by atoms with E-state index in [9.17, 15) is 4.79 Å². The fourth-order valence-corrected chi connectivity index (χ4v) is 3.96. The molecule has 6 heteroatoms. The van der Waals surface area contributed by atoms with Gasteiger partial charge in [-0.25, -0.2) is 0 Å². The van der Waals surface area contributed by atoms with Crippen molar-refractivity contribution in [1.29, 1.82) is 0 Å². The summed E-state index contributed by atoms with van der Waals surface area (Å²) >= 11 is 0. The lowest BCUT2D eigenvalue weighted by molar-refractivity contribution is 0.0511. The molecule has 4 rings (SSSR count). The molecule has 134 valence electrons. The molecule has 2 aliphatic rings. The van der Waals surface area contributed by atoms with Crippen LogP contribution in [-0.4, -0.2) is 34.1 Å². The van der Waals surface area contributed by atoms with Crippen molar-refractivity contribution in [3.63, 3.8) is 0 Å². The molecule has 1 fully saturated rings. The number of furan rings is 1. The Hall–Kier alpha value is -2.08. The smallest absolute Gasteiger partial charge is 0.275 e. The molecule has 4 heterocycles. The number of hydrogen-bond acceptors (Lipinski definition) is 4. The number of hydrogen-bond donors (Lipinski definition) is 2. The summed E-state index contributed by atoms with van der Waals surface area (Å²) in [5, 5.41) is 10.8. The molecule has 0 saturated carbocycles. The molecule has 2 atom stereocenters. The molecule has 0 radical (unpaired) electrons. The van der Waals surface area contributed by atoms with Gasteiger partial charge in [0.25, 0.3) is 5.91 Å². The van der Waals surface area contributed by atoms with Crippen LogP contribution in [0.1, 0.15) is 66.0 Å². The predicted octanol–water partition coefficient (Wildman–Crippen LogP) is 2.82. The van der Waals surface area contributed by atoms with E-state index in [0.717, 1.165) is 61.6 Å². The number of carbonyl (C=O) groups is 1. The fourth-order valence-electron chi connectivity index (χ4n) is 3.96. The largest absolute Gasteiger partial charge is 0.464 e. The number of aromatic nitrogens is 2. The van der Waals surface area contributed by atoms with Crippen LogP contribution in [0.25, 0.3) is 0 Å². The molecular formula is C19H26N4O2. The van der Waals surface area contributed by atoms with E-state index in [4.69, 9.17) is 4.42 Å². The van der Waals surface area contributed by atoms with E-state index in [0.29, 0.717) is 18.2 Å². The number of nitrogens with zero attached hydrogens (tertiary/aromatic N) is 2. The minimum atomic E-state index is 0.000416. The van der Waals surface area contributed by atoms with Gasteiger partial charge in [-0.05, 0) is 30.9 Å². The van der Waals surface area contributed by atoms with Crippen molar-refractivity contribution in [3.05, 3.63) is 40.6 Å². The van der Waals surface area contributed by atoms with Crippen LogP contribution < -0.4 is 5.32 Å². The van der Waals surface area contributed by atoms with Gasteiger partial charge >= 0.3 is 0 Å². The zero-order chi connectivity index (χ0) is 17.4. The normalized spacial score (nSPS) is 23.5. The average Bonchev–Trinajstić information content (AvgIpc) is 3.28. The average molecular weight is 342 g/mol. The minimum absolute atomic E-state index is 0.000416. The van der Waals surface area contributed by atoms with E-state index >= 15 is 0 Å². The molecule has 0 spiro atoms. The Labute approximate surface area is 148 Å². The molecule has 1 amide bonds. The van der Waals surface area contributed by atoms with Gasteiger partial charge < -0.3 is 14.6 Å². The molecule has 0 aromatic carbocycles. The summed E-state index contributed by atoms with van der Waals surface area (Å²) in [7, 11) is 0. The van der Waals surface area contributed by atoms with Gasteiger partial charge in [0.1, 0.15) is 11.5 Å². The third-order valence-electron chi connectivity index (χ3n) is 5.49. The number of amides is 1. The summed E-state index contributed by atoms with van der Waals surface area (Å²) in [4.78, 5) is 15.2. The van der Waals surface area contributed by atoms with Crippen LogP contribution in [0, 0.1) is 5.92 Å². The minimum Gasteiger partial charge on any atom is -0.464 e. The van der Waals surface area contributed by atoms with Crippen molar-refractivity contribution >= 4 is 5.91 Å². The van der Waals surface area contributed by atoms with Crippen LogP contribution >= 0.6 is 0 Å². The Morgan fingerprint density at radius 3 is 3.12 bits per heavy atom. The van der Waals surface area contributed by atoms with E-state index < -0.39 is 0 Å². The van der Waals surface area contributed by atoms with Gasteiger partial charge in [0, 0.05) is 43.7 Å². The van der Waals surface area contributed by atoms with E-state index in [1.54, 1.807) is 0 Å². The van der Waals surface area contributed by atoms with Crippen molar-refractivity contribution in [1.82, 2.24) is 20.4 Å². The molecular weight excluding hydrogens is 316 g/mol. The summed E-state index contributed by atoms with van der Waals surface area (Å²) < 4.78 is 6.00. The monoisotopic (exact) mass is 342 g/mol. The van der Waals surface area contributed by atoms with Gasteiger partial charge in [0.05, 0.1) is 6.04 Å². The highest BCUT2D eigenvalue weighted by molar-refractivity contribution is 5.94. The lowest BCUT2D eigenvalue weighted by Crippen LogP contribution is -2.41. The Morgan fingerprint density at radius 1 is 1.44 bits per heavy atom. The van der Waals surface area contributed by atoms with E-state index in [2.05, 4.69) is 29.4 Å². The van der Waals surface area contributed by atoms with Crippen LogP contribution in [0.5, 0.6) is 0 Å². The maximum atomic E-state index is 13.3. The summed E-state index contributed by atoms with van der Waals surface area (Å²) in [5.74, 6) is 2.48. The van der Waals surface area contributed by atoms with Crippen LogP contribution in [0.2, 0.25) is 0 Å². The van der Waals surface area contributed by atoms with Gasteiger partial charge in [-0.15, -0.1) is 0 Å². The Balaban J connectivity index is 1.64. The molecule has 25 heavy (non-hydrogen) atoms. The maximum Gasteiger partial charge on any atom is 0.275 e. The summed E-state index contributed by atoms with van der Waals surface area (Å²) in [6.07, 6.45) is 3.73. The molecule has 0 bridgehead atoms. The third kappa shape index (κ3) is 2.99. The SMILES string of the molecule is CCc1ccc(C2CC(C)CCN2C(=O)c2n[nH]c3c2CNCC3)o1. The third-order valence-corrected chi connectivity index (χ3v) is 5.49. The molecule has 1 saturated heterocycles. The highest BCUT2D eigenvalue weighted by Gasteiger charge is 2.36. The number of H-pyrrole nitrogens is 1. The summed E-state index contributed by atoms with van der Waals surface area (Å²) in [5.41, 5.74) is 2.70. The standard InChI is InChI=1S/C19H26N4O2/c1-3-13-4-5-17(25-13)16-10-12(2)7-9-23(16)19(24)18-14-11-20-8-6-15(14)21-22-18/h4-5,12,16,20H,3,6-11H2,1-2H3,(H,21,22). The fraction of sp³-hybridized carbons (Fsp3) is 0.579. The number of piperidine rings is 1. The first-order chi connectivity index (χ1) is 12.2. The van der Waals surface area contributed by atoms with Crippen LogP contribution in [0.15, 0.2) is 16.5 Å². The van der Waals surface area contributed by atoms with E-state index in [1.165, 1.54) is 0 Å². The first-order valence-electron chi connectivity index (χ1n) is 9.33. The van der Waals surface area contributed by atoms with Crippen molar-refractivity contribution < 1.29 is 9.21 Å². The Kier molecular flexibility index (Phi) is 4.37. The number of aryl methyl sites for hydroxylation is 1. The topological polar surface area (TPSA) is 74.2 Å². The lowest BCUT2D eigenvalue weighted by atomic mass is 9.90. The first kappa shape index (κ1) is 16.4. The van der Waals surface area contributed by atoms with Crippen molar-refractivity contribution in [3.8, 4) is 0 Å².